The van der Waals surface area contributed by atoms with Gasteiger partial charge >= 0.3 is 6.09 Å². The molecule has 3 aromatic rings. The Morgan fingerprint density at radius 3 is 2.28 bits per heavy atom. The van der Waals surface area contributed by atoms with Crippen LogP contribution in [0.3, 0.4) is 0 Å². The predicted octanol–water partition coefficient (Wildman–Crippen LogP) is 6.45. The second-order valence-corrected chi connectivity index (χ2v) is 10.0. The molecule has 32 heavy (non-hydrogen) atoms. The molecule has 1 aliphatic heterocycles. The molecule has 1 heterocycles. The molecule has 1 atom stereocenters. The Balaban J connectivity index is 1.96. The first-order chi connectivity index (χ1) is 15.1. The zero-order valence-electron chi connectivity index (χ0n) is 18.4. The number of rotatable bonds is 3. The highest BCUT2D eigenvalue weighted by Gasteiger charge is 2.56. The lowest BCUT2D eigenvalue weighted by Crippen LogP contribution is -2.44. The normalized spacial score (nSPS) is 17.9. The number of halogens is 1. The molecule has 4 nitrogen and oxygen atoms in total. The summed E-state index contributed by atoms with van der Waals surface area (Å²) in [6.07, 6.45) is -0.780. The minimum absolute atomic E-state index is 0.328. The third kappa shape index (κ3) is 3.91. The van der Waals surface area contributed by atoms with Crippen LogP contribution in [-0.2, 0) is 14.3 Å². The molecule has 0 aromatic heterocycles. The molecule has 2 amide bonds. The number of imide groups is 1. The molecule has 0 radical (unpaired) electrons. The summed E-state index contributed by atoms with van der Waals surface area (Å²) in [5.74, 6) is -0.960. The molecule has 0 N–H and O–H groups in total. The van der Waals surface area contributed by atoms with E-state index in [1.165, 1.54) is 30.0 Å². The Labute approximate surface area is 191 Å². The number of benzene rings is 3. The van der Waals surface area contributed by atoms with Crippen molar-refractivity contribution in [2.45, 2.75) is 42.9 Å². The van der Waals surface area contributed by atoms with Gasteiger partial charge in [0, 0.05) is 10.5 Å². The first-order valence-electron chi connectivity index (χ1n) is 10.3. The minimum Gasteiger partial charge on any atom is -0.443 e. The summed E-state index contributed by atoms with van der Waals surface area (Å²) >= 11 is 1.29. The average Bonchev–Trinajstić information content (AvgIpc) is 2.96. The van der Waals surface area contributed by atoms with Gasteiger partial charge in [0.15, 0.2) is 4.75 Å². The number of carbonyl (C=O) groups excluding carboxylic acids is 2. The van der Waals surface area contributed by atoms with Gasteiger partial charge < -0.3 is 4.74 Å². The van der Waals surface area contributed by atoms with E-state index >= 15 is 0 Å². The number of hydrogen-bond acceptors (Lipinski definition) is 4. The van der Waals surface area contributed by atoms with E-state index in [9.17, 15) is 14.0 Å². The number of nitrogens with zero attached hydrogens (tertiary/aromatic N) is 1. The Kier molecular flexibility index (Phi) is 5.59. The van der Waals surface area contributed by atoms with Gasteiger partial charge in [0.05, 0.1) is 5.69 Å². The topological polar surface area (TPSA) is 46.6 Å². The minimum atomic E-state index is -1.34. The van der Waals surface area contributed by atoms with Gasteiger partial charge in [-0.1, -0.05) is 59.8 Å². The molecule has 1 aliphatic rings. The lowest BCUT2D eigenvalue weighted by atomic mass is 9.91. The molecular formula is C26H24FNO3S. The highest BCUT2D eigenvalue weighted by Crippen LogP contribution is 2.55. The van der Waals surface area contributed by atoms with Crippen molar-refractivity contribution in [1.82, 2.24) is 0 Å². The van der Waals surface area contributed by atoms with Crippen LogP contribution in [-0.4, -0.2) is 17.6 Å². The summed E-state index contributed by atoms with van der Waals surface area (Å²) in [5, 5.41) is 0. The van der Waals surface area contributed by atoms with E-state index in [4.69, 9.17) is 4.74 Å². The molecule has 0 fully saturated rings. The standard InChI is InChI=1S/C26H24FNO3S/c1-17-10-12-18(13-11-17)26(32-20-8-6-5-7-9-20)21-16-19(27)14-15-22(21)28(23(26)29)24(30)31-25(2,3)4/h5-16H,1-4H3/t26-/m0/s1. The van der Waals surface area contributed by atoms with Crippen molar-refractivity contribution in [2.75, 3.05) is 4.90 Å². The summed E-state index contributed by atoms with van der Waals surface area (Å²) < 4.78 is 18.7. The lowest BCUT2D eigenvalue weighted by molar-refractivity contribution is -0.119. The quantitative estimate of drug-likeness (QED) is 0.461. The lowest BCUT2D eigenvalue weighted by Gasteiger charge is -2.29. The maximum Gasteiger partial charge on any atom is 0.421 e. The smallest absolute Gasteiger partial charge is 0.421 e. The Morgan fingerprint density at radius 2 is 1.66 bits per heavy atom. The van der Waals surface area contributed by atoms with E-state index in [0.717, 1.165) is 15.4 Å². The van der Waals surface area contributed by atoms with Crippen LogP contribution in [0.2, 0.25) is 0 Å². The van der Waals surface area contributed by atoms with Crippen LogP contribution >= 0.6 is 11.8 Å². The Morgan fingerprint density at radius 1 is 1.00 bits per heavy atom. The second-order valence-electron chi connectivity index (χ2n) is 8.74. The molecule has 0 unspecified atom stereocenters. The average molecular weight is 450 g/mol. The summed E-state index contributed by atoms with van der Waals surface area (Å²) in [6.45, 7) is 7.17. The largest absolute Gasteiger partial charge is 0.443 e. The van der Waals surface area contributed by atoms with Crippen LogP contribution in [0.4, 0.5) is 14.9 Å². The zero-order chi connectivity index (χ0) is 23.1. The molecular weight excluding hydrogens is 425 g/mol. The maximum atomic E-state index is 14.5. The van der Waals surface area contributed by atoms with E-state index in [-0.39, 0.29) is 0 Å². The number of carbonyl (C=O) groups is 2. The van der Waals surface area contributed by atoms with Crippen LogP contribution in [0.25, 0.3) is 0 Å². The Hall–Kier alpha value is -3.12. The van der Waals surface area contributed by atoms with E-state index in [1.54, 1.807) is 20.8 Å². The molecule has 164 valence electrons. The maximum absolute atomic E-state index is 14.5. The highest BCUT2D eigenvalue weighted by atomic mass is 32.2. The van der Waals surface area contributed by atoms with Gasteiger partial charge in [0.2, 0.25) is 0 Å². The van der Waals surface area contributed by atoms with Crippen LogP contribution < -0.4 is 4.90 Å². The fourth-order valence-electron chi connectivity index (χ4n) is 3.75. The number of ether oxygens (including phenoxy) is 1. The van der Waals surface area contributed by atoms with Crippen molar-refractivity contribution in [1.29, 1.82) is 0 Å². The first-order valence-corrected chi connectivity index (χ1v) is 11.1. The zero-order valence-corrected chi connectivity index (χ0v) is 19.2. The Bertz CT molecular complexity index is 1170. The van der Waals surface area contributed by atoms with Gasteiger partial charge in [-0.15, -0.1) is 0 Å². The van der Waals surface area contributed by atoms with E-state index in [0.29, 0.717) is 16.8 Å². The van der Waals surface area contributed by atoms with Gasteiger partial charge in [0.25, 0.3) is 5.91 Å². The van der Waals surface area contributed by atoms with Gasteiger partial charge in [-0.2, -0.15) is 0 Å². The summed E-state index contributed by atoms with van der Waals surface area (Å²) in [4.78, 5) is 29.1. The molecule has 0 spiro atoms. The number of aryl methyl sites for hydroxylation is 1. The molecule has 4 rings (SSSR count). The van der Waals surface area contributed by atoms with Crippen molar-refractivity contribution in [2.24, 2.45) is 0 Å². The fraction of sp³-hybridized carbons (Fsp3) is 0.231. The molecule has 0 saturated heterocycles. The third-order valence-electron chi connectivity index (χ3n) is 5.13. The summed E-state index contributed by atoms with van der Waals surface area (Å²) in [5.41, 5.74) is 1.65. The monoisotopic (exact) mass is 449 g/mol. The molecule has 0 aliphatic carbocycles. The van der Waals surface area contributed by atoms with Gasteiger partial charge in [-0.05, 0) is 63.6 Å². The van der Waals surface area contributed by atoms with Crippen LogP contribution in [0, 0.1) is 12.7 Å². The van der Waals surface area contributed by atoms with Crippen LogP contribution in [0.5, 0.6) is 0 Å². The van der Waals surface area contributed by atoms with Crippen molar-refractivity contribution in [3.8, 4) is 0 Å². The van der Waals surface area contributed by atoms with E-state index in [2.05, 4.69) is 0 Å². The van der Waals surface area contributed by atoms with Gasteiger partial charge in [-0.3, -0.25) is 4.79 Å². The number of anilines is 1. The van der Waals surface area contributed by atoms with Gasteiger partial charge in [0.1, 0.15) is 11.4 Å². The van der Waals surface area contributed by atoms with Crippen molar-refractivity contribution >= 4 is 29.4 Å². The SMILES string of the molecule is Cc1ccc([C@@]2(Sc3ccccc3)C(=O)N(C(=O)OC(C)(C)C)c3ccc(F)cc32)cc1. The van der Waals surface area contributed by atoms with Crippen molar-refractivity contribution in [3.05, 3.63) is 95.3 Å². The number of hydrogen-bond donors (Lipinski definition) is 0. The molecule has 0 bridgehead atoms. The third-order valence-corrected chi connectivity index (χ3v) is 6.58. The van der Waals surface area contributed by atoms with Crippen LogP contribution in [0.15, 0.2) is 77.7 Å². The highest BCUT2D eigenvalue weighted by molar-refractivity contribution is 8.01. The molecule has 0 saturated carbocycles. The van der Waals surface area contributed by atoms with Gasteiger partial charge in [-0.25, -0.2) is 14.1 Å². The number of fused-ring (bicyclic) bond motifs is 1. The summed E-state index contributed by atoms with van der Waals surface area (Å²) in [7, 11) is 0. The molecule has 6 heteroatoms. The van der Waals surface area contributed by atoms with Crippen LogP contribution in [0.1, 0.15) is 37.5 Å². The summed E-state index contributed by atoms with van der Waals surface area (Å²) in [6, 6.07) is 21.0. The number of amides is 2. The first kappa shape index (κ1) is 22.1. The van der Waals surface area contributed by atoms with E-state index in [1.807, 2.05) is 61.5 Å². The number of thioether (sulfide) groups is 1. The van der Waals surface area contributed by atoms with E-state index < -0.39 is 28.2 Å². The second kappa shape index (κ2) is 8.10. The predicted molar refractivity (Wildman–Crippen MR) is 124 cm³/mol. The molecule has 3 aromatic carbocycles. The fourth-order valence-corrected chi connectivity index (χ4v) is 5.10. The van der Waals surface area contributed by atoms with Crippen molar-refractivity contribution < 1.29 is 18.7 Å². The van der Waals surface area contributed by atoms with Crippen molar-refractivity contribution in [3.63, 3.8) is 0 Å².